The molecular formula is C8H15NO6. The molecule has 1 heterocycles. The van der Waals surface area contributed by atoms with Crippen molar-refractivity contribution in [1.29, 1.82) is 0 Å². The average Bonchev–Trinajstić information content (AvgIpc) is 2.18. The smallest absolute Gasteiger partial charge is 0.217 e. The van der Waals surface area contributed by atoms with Crippen LogP contribution in [0.25, 0.3) is 0 Å². The van der Waals surface area contributed by atoms with Crippen LogP contribution in [-0.2, 0) is 9.53 Å². The Morgan fingerprint density at radius 1 is 1.33 bits per heavy atom. The normalized spacial score (nSPS) is 41.3. The Hall–Kier alpha value is -0.730. The fraction of sp³-hybridized carbons (Fsp3) is 0.875. The van der Waals surface area contributed by atoms with Crippen molar-refractivity contribution in [3.05, 3.63) is 0 Å². The maximum atomic E-state index is 10.7. The number of carbonyl (C=O) groups excluding carboxylic acids is 1. The van der Waals surface area contributed by atoms with E-state index in [1.807, 2.05) is 0 Å². The highest BCUT2D eigenvalue weighted by Gasteiger charge is 2.43. The van der Waals surface area contributed by atoms with Crippen LogP contribution in [0.2, 0.25) is 0 Å². The molecule has 7 nitrogen and oxygen atoms in total. The van der Waals surface area contributed by atoms with Crippen molar-refractivity contribution in [3.8, 4) is 0 Å². The van der Waals surface area contributed by atoms with Gasteiger partial charge in [0, 0.05) is 6.92 Å². The van der Waals surface area contributed by atoms with Gasteiger partial charge in [-0.15, -0.1) is 0 Å². The van der Waals surface area contributed by atoms with Gasteiger partial charge in [0.15, 0.2) is 6.29 Å². The van der Waals surface area contributed by atoms with Crippen LogP contribution < -0.4 is 5.32 Å². The maximum Gasteiger partial charge on any atom is 0.217 e. The minimum Gasteiger partial charge on any atom is -0.394 e. The van der Waals surface area contributed by atoms with Crippen LogP contribution in [-0.4, -0.2) is 63.6 Å². The summed E-state index contributed by atoms with van der Waals surface area (Å²) in [5.74, 6) is -0.462. The van der Waals surface area contributed by atoms with E-state index in [0.717, 1.165) is 0 Å². The molecule has 88 valence electrons. The summed E-state index contributed by atoms with van der Waals surface area (Å²) in [6.07, 6.45) is -5.24. The van der Waals surface area contributed by atoms with Crippen molar-refractivity contribution in [2.75, 3.05) is 6.61 Å². The van der Waals surface area contributed by atoms with Gasteiger partial charge < -0.3 is 30.5 Å². The molecule has 1 aliphatic heterocycles. The molecule has 0 aromatic heterocycles. The zero-order valence-corrected chi connectivity index (χ0v) is 8.20. The Morgan fingerprint density at radius 3 is 2.40 bits per heavy atom. The van der Waals surface area contributed by atoms with Crippen molar-refractivity contribution in [2.24, 2.45) is 0 Å². The summed E-state index contributed by atoms with van der Waals surface area (Å²) in [6, 6.07) is -1.10. The summed E-state index contributed by atoms with van der Waals surface area (Å²) >= 11 is 0. The second-order valence-electron chi connectivity index (χ2n) is 3.46. The van der Waals surface area contributed by atoms with Crippen molar-refractivity contribution < 1.29 is 30.0 Å². The van der Waals surface area contributed by atoms with Gasteiger partial charge in [-0.25, -0.2) is 0 Å². The predicted molar refractivity (Wildman–Crippen MR) is 47.6 cm³/mol. The number of rotatable bonds is 2. The molecule has 5 atom stereocenters. The van der Waals surface area contributed by atoms with E-state index >= 15 is 0 Å². The number of nitrogens with one attached hydrogen (secondary N) is 1. The quantitative estimate of drug-likeness (QED) is 0.316. The Morgan fingerprint density at radius 2 is 1.93 bits per heavy atom. The third-order valence-corrected chi connectivity index (χ3v) is 2.27. The van der Waals surface area contributed by atoms with Gasteiger partial charge in [-0.05, 0) is 0 Å². The van der Waals surface area contributed by atoms with E-state index in [1.54, 1.807) is 0 Å². The van der Waals surface area contributed by atoms with Gasteiger partial charge in [0.2, 0.25) is 5.91 Å². The van der Waals surface area contributed by atoms with Gasteiger partial charge >= 0.3 is 0 Å². The van der Waals surface area contributed by atoms with Crippen LogP contribution in [0.4, 0.5) is 0 Å². The molecule has 0 aliphatic carbocycles. The molecule has 7 heteroatoms. The topological polar surface area (TPSA) is 119 Å². The summed E-state index contributed by atoms with van der Waals surface area (Å²) < 4.78 is 4.81. The van der Waals surface area contributed by atoms with E-state index in [9.17, 15) is 20.1 Å². The second-order valence-corrected chi connectivity index (χ2v) is 3.46. The van der Waals surface area contributed by atoms with Gasteiger partial charge in [0.1, 0.15) is 24.4 Å². The number of amides is 1. The van der Waals surface area contributed by atoms with Crippen LogP contribution in [0.15, 0.2) is 0 Å². The van der Waals surface area contributed by atoms with Crippen LogP contribution in [0.1, 0.15) is 6.92 Å². The van der Waals surface area contributed by atoms with Gasteiger partial charge in [-0.3, -0.25) is 4.79 Å². The molecule has 0 radical (unpaired) electrons. The molecule has 15 heavy (non-hydrogen) atoms. The number of carbonyl (C=O) groups is 1. The van der Waals surface area contributed by atoms with Crippen molar-refractivity contribution in [2.45, 2.75) is 37.6 Å². The van der Waals surface area contributed by atoms with Crippen LogP contribution in [0.5, 0.6) is 0 Å². The maximum absolute atomic E-state index is 10.7. The predicted octanol–water partition coefficient (Wildman–Crippen LogP) is -3.08. The Labute approximate surface area is 86.3 Å². The molecule has 0 bridgehead atoms. The van der Waals surface area contributed by atoms with Crippen molar-refractivity contribution in [1.82, 2.24) is 5.32 Å². The van der Waals surface area contributed by atoms with Gasteiger partial charge in [0.05, 0.1) is 6.61 Å². The molecule has 1 unspecified atom stereocenters. The lowest BCUT2D eigenvalue weighted by atomic mass is 9.97. The Bertz CT molecular complexity index is 235. The van der Waals surface area contributed by atoms with E-state index in [2.05, 4.69) is 5.32 Å². The number of hydrogen-bond acceptors (Lipinski definition) is 6. The number of aliphatic hydroxyl groups is 4. The SMILES string of the molecule is C[13C](=O)N[C@@H]1C(O)O[C@H](CO)[C@@H](O)[C@@H]1O. The number of aliphatic hydroxyl groups excluding tert-OH is 4. The molecular weight excluding hydrogens is 207 g/mol. The monoisotopic (exact) mass is 222 g/mol. The van der Waals surface area contributed by atoms with Crippen molar-refractivity contribution in [3.63, 3.8) is 0 Å². The van der Waals surface area contributed by atoms with E-state index in [1.165, 1.54) is 6.92 Å². The molecule has 0 saturated carbocycles. The zero-order valence-electron chi connectivity index (χ0n) is 8.20. The molecule has 5 N–H and O–H groups in total. The Kier molecular flexibility index (Phi) is 4.00. The minimum absolute atomic E-state index is 0.462. The summed E-state index contributed by atoms with van der Waals surface area (Å²) in [7, 11) is 0. The largest absolute Gasteiger partial charge is 0.394 e. The highest BCUT2D eigenvalue weighted by Crippen LogP contribution is 2.19. The van der Waals surface area contributed by atoms with Gasteiger partial charge in [-0.1, -0.05) is 0 Å². The van der Waals surface area contributed by atoms with Crippen molar-refractivity contribution >= 4 is 5.91 Å². The van der Waals surface area contributed by atoms with Gasteiger partial charge in [-0.2, -0.15) is 0 Å². The summed E-state index contributed by atoms with van der Waals surface area (Å²) in [6.45, 7) is 0.687. The third-order valence-electron chi connectivity index (χ3n) is 2.27. The summed E-state index contributed by atoms with van der Waals surface area (Å²) in [4.78, 5) is 10.7. The number of hydrogen-bond donors (Lipinski definition) is 5. The summed E-state index contributed by atoms with van der Waals surface area (Å²) in [5, 5.41) is 39.4. The molecule has 0 aromatic rings. The standard InChI is InChI=1S/C8H15NO6/c1-3(11)9-5-7(13)6(12)4(2-10)15-8(5)14/h4-8,10,12-14H,2H2,1H3,(H,9,11)/t4-,5+,6-,7-,8?/m1/s1/i3+1. The lowest BCUT2D eigenvalue weighted by molar-refractivity contribution is -0.253. The van der Waals surface area contributed by atoms with E-state index in [-0.39, 0.29) is 0 Å². The highest BCUT2D eigenvalue weighted by molar-refractivity contribution is 5.73. The summed E-state index contributed by atoms with van der Waals surface area (Å²) in [5.41, 5.74) is 0. The lowest BCUT2D eigenvalue weighted by Gasteiger charge is -2.40. The minimum atomic E-state index is -1.45. The first-order valence-corrected chi connectivity index (χ1v) is 4.55. The number of ether oxygens (including phenoxy) is 1. The molecule has 1 aliphatic rings. The molecule has 1 saturated heterocycles. The fourth-order valence-electron chi connectivity index (χ4n) is 1.49. The van der Waals surface area contributed by atoms with Gasteiger partial charge in [0.25, 0.3) is 0 Å². The third kappa shape index (κ3) is 2.64. The zero-order chi connectivity index (χ0) is 11.6. The lowest BCUT2D eigenvalue weighted by Crippen LogP contribution is -2.63. The average molecular weight is 222 g/mol. The van der Waals surface area contributed by atoms with E-state index in [0.29, 0.717) is 0 Å². The first-order chi connectivity index (χ1) is 6.97. The molecule has 0 spiro atoms. The second kappa shape index (κ2) is 4.86. The molecule has 1 rings (SSSR count). The first-order valence-electron chi connectivity index (χ1n) is 4.55. The van der Waals surface area contributed by atoms with Crippen LogP contribution >= 0.6 is 0 Å². The van der Waals surface area contributed by atoms with Crippen LogP contribution in [0.3, 0.4) is 0 Å². The van der Waals surface area contributed by atoms with E-state index < -0.39 is 43.2 Å². The highest BCUT2D eigenvalue weighted by atomic mass is 16.6. The first kappa shape index (κ1) is 12.3. The molecule has 1 amide bonds. The van der Waals surface area contributed by atoms with E-state index in [4.69, 9.17) is 9.84 Å². The molecule has 1 fully saturated rings. The van der Waals surface area contributed by atoms with Crippen LogP contribution in [0, 0.1) is 0 Å². The molecule has 0 aromatic carbocycles. The fourth-order valence-corrected chi connectivity index (χ4v) is 1.49. The Balaban J connectivity index is 2.70.